The average Bonchev–Trinajstić information content (AvgIpc) is 3.28. The van der Waals surface area contributed by atoms with Crippen molar-refractivity contribution in [3.05, 3.63) is 64.1 Å². The number of fused-ring (bicyclic) bond motifs is 1. The molecule has 10 heteroatoms. The molecule has 0 aliphatic rings. The van der Waals surface area contributed by atoms with Gasteiger partial charge in [-0.15, -0.1) is 17.9 Å². The highest BCUT2D eigenvalue weighted by Gasteiger charge is 2.19. The molecule has 2 N–H and O–H groups in total. The lowest BCUT2D eigenvalue weighted by molar-refractivity contribution is -0.123. The maximum atomic E-state index is 12.3. The fourth-order valence-electron chi connectivity index (χ4n) is 2.66. The van der Waals surface area contributed by atoms with Gasteiger partial charge in [0.25, 0.3) is 5.91 Å². The van der Waals surface area contributed by atoms with Gasteiger partial charge < -0.3 is 10.1 Å². The second-order valence-electron chi connectivity index (χ2n) is 6.32. The minimum absolute atomic E-state index is 0.215. The van der Waals surface area contributed by atoms with Gasteiger partial charge in [0.1, 0.15) is 9.71 Å². The van der Waals surface area contributed by atoms with Crippen molar-refractivity contribution in [2.45, 2.75) is 13.5 Å². The Morgan fingerprint density at radius 1 is 1.30 bits per heavy atom. The third-order valence-corrected chi connectivity index (χ3v) is 5.43. The van der Waals surface area contributed by atoms with Crippen LogP contribution in [-0.4, -0.2) is 40.8 Å². The molecular weight excluding hydrogens is 428 g/mol. The summed E-state index contributed by atoms with van der Waals surface area (Å²) in [5.41, 5.74) is 1.80. The summed E-state index contributed by atoms with van der Waals surface area (Å²) in [5.74, 6) is -1.37. The fraction of sp³-hybridized carbons (Fsp3) is 0.200. The SMILES string of the molecule is C=CCNC(=O)NC(=O)COC(=O)c1cc2c(C)nn(Cc3ccc(Cl)cc3)c2s1. The molecule has 3 amide bonds. The summed E-state index contributed by atoms with van der Waals surface area (Å²) in [7, 11) is 0. The number of rotatable bonds is 7. The first-order valence-electron chi connectivity index (χ1n) is 8.94. The summed E-state index contributed by atoms with van der Waals surface area (Å²) in [5, 5.41) is 10.5. The quantitative estimate of drug-likeness (QED) is 0.428. The number of amides is 3. The summed E-state index contributed by atoms with van der Waals surface area (Å²) in [6, 6.07) is 8.46. The van der Waals surface area contributed by atoms with E-state index in [0.717, 1.165) is 21.5 Å². The van der Waals surface area contributed by atoms with Crippen LogP contribution in [-0.2, 0) is 16.1 Å². The Morgan fingerprint density at radius 3 is 2.73 bits per heavy atom. The van der Waals surface area contributed by atoms with E-state index in [1.165, 1.54) is 17.4 Å². The topological polar surface area (TPSA) is 102 Å². The lowest BCUT2D eigenvalue weighted by Gasteiger charge is -2.05. The van der Waals surface area contributed by atoms with Gasteiger partial charge >= 0.3 is 12.0 Å². The van der Waals surface area contributed by atoms with Crippen LogP contribution in [0.1, 0.15) is 20.9 Å². The largest absolute Gasteiger partial charge is 0.451 e. The Kier molecular flexibility index (Phi) is 6.86. The third-order valence-electron chi connectivity index (χ3n) is 4.05. The Morgan fingerprint density at radius 2 is 2.03 bits per heavy atom. The van der Waals surface area contributed by atoms with E-state index >= 15 is 0 Å². The summed E-state index contributed by atoms with van der Waals surface area (Å²) in [4.78, 5) is 36.6. The van der Waals surface area contributed by atoms with Crippen LogP contribution in [0, 0.1) is 6.92 Å². The number of hydrogen-bond acceptors (Lipinski definition) is 6. The van der Waals surface area contributed by atoms with Crippen molar-refractivity contribution in [2.75, 3.05) is 13.2 Å². The van der Waals surface area contributed by atoms with Gasteiger partial charge in [0.05, 0.1) is 12.2 Å². The van der Waals surface area contributed by atoms with Gasteiger partial charge in [-0.1, -0.05) is 29.8 Å². The van der Waals surface area contributed by atoms with Gasteiger partial charge in [-0.25, -0.2) is 9.59 Å². The minimum Gasteiger partial charge on any atom is -0.451 e. The molecule has 0 saturated carbocycles. The van der Waals surface area contributed by atoms with Crippen molar-refractivity contribution >= 4 is 51.1 Å². The van der Waals surface area contributed by atoms with Crippen LogP contribution < -0.4 is 10.6 Å². The molecular formula is C20H19ClN4O4S. The molecule has 0 fully saturated rings. The van der Waals surface area contributed by atoms with E-state index in [-0.39, 0.29) is 6.54 Å². The van der Waals surface area contributed by atoms with Crippen LogP contribution in [0.25, 0.3) is 10.2 Å². The number of hydrogen-bond donors (Lipinski definition) is 2. The Bertz CT molecular complexity index is 1100. The number of ether oxygens (including phenoxy) is 1. The minimum atomic E-state index is -0.726. The van der Waals surface area contributed by atoms with E-state index < -0.39 is 24.5 Å². The standard InChI is InChI=1S/C20H19ClN4O4S/c1-3-8-22-20(28)23-17(26)11-29-19(27)16-9-15-12(2)24-25(18(15)30-16)10-13-4-6-14(21)7-5-13/h3-7,9H,1,8,10-11H2,2H3,(H2,22,23,26,28). The normalized spacial score (nSPS) is 10.6. The van der Waals surface area contributed by atoms with Gasteiger partial charge in [-0.2, -0.15) is 5.10 Å². The van der Waals surface area contributed by atoms with Gasteiger partial charge in [0.15, 0.2) is 6.61 Å². The van der Waals surface area contributed by atoms with Crippen molar-refractivity contribution in [3.63, 3.8) is 0 Å². The van der Waals surface area contributed by atoms with Crippen molar-refractivity contribution in [3.8, 4) is 0 Å². The first-order valence-corrected chi connectivity index (χ1v) is 10.1. The van der Waals surface area contributed by atoms with Gasteiger partial charge in [0.2, 0.25) is 0 Å². The third kappa shape index (κ3) is 5.25. The second-order valence-corrected chi connectivity index (χ2v) is 7.79. The van der Waals surface area contributed by atoms with Crippen molar-refractivity contribution in [2.24, 2.45) is 0 Å². The number of urea groups is 1. The van der Waals surface area contributed by atoms with Gasteiger partial charge in [0, 0.05) is 17.0 Å². The highest BCUT2D eigenvalue weighted by molar-refractivity contribution is 7.20. The van der Waals surface area contributed by atoms with E-state index in [9.17, 15) is 14.4 Å². The fourth-order valence-corrected chi connectivity index (χ4v) is 3.84. The summed E-state index contributed by atoms with van der Waals surface area (Å²) >= 11 is 7.16. The van der Waals surface area contributed by atoms with Crippen LogP contribution in [0.2, 0.25) is 5.02 Å². The van der Waals surface area contributed by atoms with E-state index in [4.69, 9.17) is 16.3 Å². The number of esters is 1. The van der Waals surface area contributed by atoms with Crippen molar-refractivity contribution in [1.82, 2.24) is 20.4 Å². The number of benzene rings is 1. The summed E-state index contributed by atoms with van der Waals surface area (Å²) < 4.78 is 6.83. The van der Waals surface area contributed by atoms with E-state index in [1.807, 2.05) is 35.9 Å². The lowest BCUT2D eigenvalue weighted by Crippen LogP contribution is -2.41. The van der Waals surface area contributed by atoms with Crippen LogP contribution in [0.4, 0.5) is 4.79 Å². The van der Waals surface area contributed by atoms with Crippen molar-refractivity contribution in [1.29, 1.82) is 0 Å². The molecule has 0 bridgehead atoms. The molecule has 0 aliphatic carbocycles. The summed E-state index contributed by atoms with van der Waals surface area (Å²) in [6.07, 6.45) is 1.47. The molecule has 0 saturated heterocycles. The molecule has 0 radical (unpaired) electrons. The number of halogens is 1. The molecule has 8 nitrogen and oxygen atoms in total. The first-order chi connectivity index (χ1) is 14.4. The number of carbonyl (C=O) groups is 3. The zero-order valence-electron chi connectivity index (χ0n) is 16.1. The Labute approximate surface area is 181 Å². The molecule has 2 heterocycles. The molecule has 3 rings (SSSR count). The zero-order valence-corrected chi connectivity index (χ0v) is 17.7. The number of imide groups is 1. The maximum absolute atomic E-state index is 12.3. The van der Waals surface area contributed by atoms with Gasteiger partial charge in [-0.3, -0.25) is 14.8 Å². The second kappa shape index (κ2) is 9.55. The number of carbonyl (C=O) groups excluding carboxylic acids is 3. The van der Waals surface area contributed by atoms with E-state index in [0.29, 0.717) is 16.4 Å². The smallest absolute Gasteiger partial charge is 0.348 e. The van der Waals surface area contributed by atoms with Crippen LogP contribution in [0.5, 0.6) is 0 Å². The molecule has 0 aliphatic heterocycles. The van der Waals surface area contributed by atoms with Gasteiger partial charge in [-0.05, 0) is 30.7 Å². The van der Waals surface area contributed by atoms with E-state index in [1.54, 1.807) is 6.07 Å². The molecule has 0 atom stereocenters. The number of thiophene rings is 1. The van der Waals surface area contributed by atoms with Crippen LogP contribution >= 0.6 is 22.9 Å². The number of aryl methyl sites for hydroxylation is 1. The molecule has 30 heavy (non-hydrogen) atoms. The molecule has 1 aromatic carbocycles. The highest BCUT2D eigenvalue weighted by Crippen LogP contribution is 2.29. The maximum Gasteiger partial charge on any atom is 0.348 e. The highest BCUT2D eigenvalue weighted by atomic mass is 35.5. The predicted molar refractivity (Wildman–Crippen MR) is 115 cm³/mol. The zero-order chi connectivity index (χ0) is 21.7. The van der Waals surface area contributed by atoms with Crippen LogP contribution in [0.3, 0.4) is 0 Å². The molecule has 156 valence electrons. The molecule has 0 spiro atoms. The molecule has 0 unspecified atom stereocenters. The Hall–Kier alpha value is -3.17. The lowest BCUT2D eigenvalue weighted by atomic mass is 10.2. The number of nitrogens with zero attached hydrogens (tertiary/aromatic N) is 2. The number of nitrogens with one attached hydrogen (secondary N) is 2. The molecule has 3 aromatic rings. The summed E-state index contributed by atoms with van der Waals surface area (Å²) in [6.45, 7) is 5.49. The van der Waals surface area contributed by atoms with Crippen molar-refractivity contribution < 1.29 is 19.1 Å². The number of aromatic nitrogens is 2. The van der Waals surface area contributed by atoms with E-state index in [2.05, 4.69) is 22.3 Å². The molecule has 2 aromatic heterocycles. The average molecular weight is 447 g/mol. The predicted octanol–water partition coefficient (Wildman–Crippen LogP) is 3.28. The first kappa shape index (κ1) is 21.5. The Balaban J connectivity index is 1.65. The van der Waals surface area contributed by atoms with Crippen LogP contribution in [0.15, 0.2) is 43.0 Å². The monoisotopic (exact) mass is 446 g/mol.